The summed E-state index contributed by atoms with van der Waals surface area (Å²) in [7, 11) is 1.64. The molecule has 0 spiro atoms. The lowest BCUT2D eigenvalue weighted by molar-refractivity contribution is 0.0540. The number of hydrogen-bond acceptors (Lipinski definition) is 3. The molecule has 0 aliphatic carbocycles. The zero-order valence-corrected chi connectivity index (χ0v) is 11.0. The molecule has 2 atom stereocenters. The van der Waals surface area contributed by atoms with Crippen LogP contribution >= 0.6 is 0 Å². The molecule has 0 aliphatic rings. The van der Waals surface area contributed by atoms with Crippen LogP contribution in [0.15, 0.2) is 24.3 Å². The van der Waals surface area contributed by atoms with E-state index < -0.39 is 6.10 Å². The van der Waals surface area contributed by atoms with Gasteiger partial charge in [-0.15, -0.1) is 0 Å². The molecule has 1 rings (SSSR count). The molecule has 3 heteroatoms. The summed E-state index contributed by atoms with van der Waals surface area (Å²) in [6.07, 6.45) is -0.467. The minimum absolute atomic E-state index is 0.0388. The topological polar surface area (TPSA) is 38.7 Å². The molecule has 1 N–H and O–H groups in total. The lowest BCUT2D eigenvalue weighted by Gasteiger charge is -2.22. The maximum Gasteiger partial charge on any atom is 0.125 e. The molecule has 1 aromatic rings. The average Bonchev–Trinajstić information content (AvgIpc) is 2.28. The Morgan fingerprint density at radius 1 is 1.18 bits per heavy atom. The Morgan fingerprint density at radius 2 is 1.82 bits per heavy atom. The molecule has 0 aromatic heterocycles. The number of para-hydroxylation sites is 1. The first-order valence-electron chi connectivity index (χ1n) is 5.98. The van der Waals surface area contributed by atoms with Crippen LogP contribution in [0, 0.1) is 5.92 Å². The van der Waals surface area contributed by atoms with Crippen LogP contribution in [0.3, 0.4) is 0 Å². The zero-order chi connectivity index (χ0) is 12.8. The van der Waals surface area contributed by atoms with Crippen molar-refractivity contribution in [2.75, 3.05) is 13.7 Å². The van der Waals surface area contributed by atoms with Gasteiger partial charge in [0, 0.05) is 18.6 Å². The number of aliphatic hydroxyl groups excluding tert-OH is 1. The van der Waals surface area contributed by atoms with Crippen LogP contribution < -0.4 is 4.74 Å². The van der Waals surface area contributed by atoms with Crippen molar-refractivity contribution in [1.29, 1.82) is 0 Å². The predicted octanol–water partition coefficient (Wildman–Crippen LogP) is 2.79. The summed E-state index contributed by atoms with van der Waals surface area (Å²) in [6, 6.07) is 7.60. The maximum atomic E-state index is 10.3. The van der Waals surface area contributed by atoms with E-state index in [0.29, 0.717) is 6.61 Å². The van der Waals surface area contributed by atoms with E-state index in [-0.39, 0.29) is 12.0 Å². The monoisotopic (exact) mass is 238 g/mol. The Balaban J connectivity index is 2.88. The second kappa shape index (κ2) is 6.62. The molecule has 0 saturated heterocycles. The third kappa shape index (κ3) is 4.02. The predicted molar refractivity (Wildman–Crippen MR) is 68.2 cm³/mol. The molecular formula is C14H22O3. The Morgan fingerprint density at radius 3 is 2.41 bits per heavy atom. The Kier molecular flexibility index (Phi) is 5.45. The number of methoxy groups -OCH3 is 1. The molecule has 0 bridgehead atoms. The first-order chi connectivity index (χ1) is 8.06. The van der Waals surface area contributed by atoms with Crippen molar-refractivity contribution in [3.05, 3.63) is 29.8 Å². The Labute approximate surface area is 103 Å². The van der Waals surface area contributed by atoms with Crippen molar-refractivity contribution in [3.63, 3.8) is 0 Å². The standard InChI is InChI=1S/C14H22O3/c1-10(2)17-13-8-6-5-7-12(13)14(15)11(3)9-16-4/h5-8,10-11,14-15H,9H2,1-4H3. The van der Waals surface area contributed by atoms with Crippen molar-refractivity contribution < 1.29 is 14.6 Å². The molecule has 0 radical (unpaired) electrons. The summed E-state index contributed by atoms with van der Waals surface area (Å²) < 4.78 is 10.8. The van der Waals surface area contributed by atoms with Gasteiger partial charge in [0.1, 0.15) is 5.75 Å². The second-order valence-corrected chi connectivity index (χ2v) is 4.58. The van der Waals surface area contributed by atoms with Gasteiger partial charge in [0.05, 0.1) is 18.8 Å². The quantitative estimate of drug-likeness (QED) is 0.828. The molecule has 0 fully saturated rings. The fourth-order valence-corrected chi connectivity index (χ4v) is 1.75. The minimum atomic E-state index is -0.565. The van der Waals surface area contributed by atoms with E-state index >= 15 is 0 Å². The van der Waals surface area contributed by atoms with Crippen molar-refractivity contribution >= 4 is 0 Å². The van der Waals surface area contributed by atoms with Crippen LogP contribution in [0.4, 0.5) is 0 Å². The second-order valence-electron chi connectivity index (χ2n) is 4.58. The summed E-state index contributed by atoms with van der Waals surface area (Å²) in [5.74, 6) is 0.787. The molecular weight excluding hydrogens is 216 g/mol. The van der Waals surface area contributed by atoms with E-state index in [4.69, 9.17) is 9.47 Å². The SMILES string of the molecule is COCC(C)C(O)c1ccccc1OC(C)C. The van der Waals surface area contributed by atoms with E-state index in [1.807, 2.05) is 45.0 Å². The molecule has 3 nitrogen and oxygen atoms in total. The summed E-state index contributed by atoms with van der Waals surface area (Å²) in [6.45, 7) is 6.43. The van der Waals surface area contributed by atoms with Gasteiger partial charge in [-0.2, -0.15) is 0 Å². The highest BCUT2D eigenvalue weighted by Gasteiger charge is 2.20. The number of rotatable bonds is 6. The molecule has 1 aromatic carbocycles. The van der Waals surface area contributed by atoms with Gasteiger partial charge in [0.2, 0.25) is 0 Å². The number of ether oxygens (including phenoxy) is 2. The number of benzene rings is 1. The fraction of sp³-hybridized carbons (Fsp3) is 0.571. The van der Waals surface area contributed by atoms with Crippen LogP contribution in [0.25, 0.3) is 0 Å². The molecule has 0 saturated carbocycles. The highest BCUT2D eigenvalue weighted by molar-refractivity contribution is 5.35. The molecule has 17 heavy (non-hydrogen) atoms. The molecule has 0 aliphatic heterocycles. The van der Waals surface area contributed by atoms with E-state index in [2.05, 4.69) is 0 Å². The number of aliphatic hydroxyl groups is 1. The maximum absolute atomic E-state index is 10.3. The third-order valence-corrected chi connectivity index (χ3v) is 2.57. The smallest absolute Gasteiger partial charge is 0.125 e. The molecule has 0 amide bonds. The van der Waals surface area contributed by atoms with Gasteiger partial charge in [0.15, 0.2) is 0 Å². The van der Waals surface area contributed by atoms with Gasteiger partial charge in [-0.1, -0.05) is 25.1 Å². The molecule has 2 unspecified atom stereocenters. The average molecular weight is 238 g/mol. The van der Waals surface area contributed by atoms with Gasteiger partial charge in [-0.3, -0.25) is 0 Å². The van der Waals surface area contributed by atoms with Gasteiger partial charge < -0.3 is 14.6 Å². The van der Waals surface area contributed by atoms with E-state index in [1.54, 1.807) is 7.11 Å². The Hall–Kier alpha value is -1.06. The van der Waals surface area contributed by atoms with Crippen LogP contribution in [-0.4, -0.2) is 24.9 Å². The van der Waals surface area contributed by atoms with E-state index in [0.717, 1.165) is 11.3 Å². The van der Waals surface area contributed by atoms with Crippen LogP contribution in [-0.2, 0) is 4.74 Å². The van der Waals surface area contributed by atoms with Crippen LogP contribution in [0.5, 0.6) is 5.75 Å². The first kappa shape index (κ1) is 14.0. The van der Waals surface area contributed by atoms with Crippen LogP contribution in [0.2, 0.25) is 0 Å². The van der Waals surface area contributed by atoms with Gasteiger partial charge in [0.25, 0.3) is 0 Å². The van der Waals surface area contributed by atoms with Gasteiger partial charge in [-0.05, 0) is 19.9 Å². The number of hydrogen-bond donors (Lipinski definition) is 1. The normalized spacial score (nSPS) is 14.7. The minimum Gasteiger partial charge on any atom is -0.491 e. The van der Waals surface area contributed by atoms with Gasteiger partial charge >= 0.3 is 0 Å². The van der Waals surface area contributed by atoms with Crippen molar-refractivity contribution in [3.8, 4) is 5.75 Å². The first-order valence-corrected chi connectivity index (χ1v) is 5.98. The fourth-order valence-electron chi connectivity index (χ4n) is 1.75. The molecule has 0 heterocycles. The van der Waals surface area contributed by atoms with E-state index in [1.165, 1.54) is 0 Å². The Bertz CT molecular complexity index is 336. The van der Waals surface area contributed by atoms with E-state index in [9.17, 15) is 5.11 Å². The highest BCUT2D eigenvalue weighted by atomic mass is 16.5. The van der Waals surface area contributed by atoms with Crippen LogP contribution in [0.1, 0.15) is 32.4 Å². The summed E-state index contributed by atoms with van der Waals surface area (Å²) >= 11 is 0. The van der Waals surface area contributed by atoms with Crippen molar-refractivity contribution in [1.82, 2.24) is 0 Å². The highest BCUT2D eigenvalue weighted by Crippen LogP contribution is 2.30. The largest absolute Gasteiger partial charge is 0.491 e. The van der Waals surface area contributed by atoms with Crippen molar-refractivity contribution in [2.24, 2.45) is 5.92 Å². The summed E-state index contributed by atoms with van der Waals surface area (Å²) in [5, 5.41) is 10.3. The summed E-state index contributed by atoms with van der Waals surface area (Å²) in [4.78, 5) is 0. The zero-order valence-electron chi connectivity index (χ0n) is 11.0. The lowest BCUT2D eigenvalue weighted by Crippen LogP contribution is -2.16. The molecule has 96 valence electrons. The van der Waals surface area contributed by atoms with Gasteiger partial charge in [-0.25, -0.2) is 0 Å². The van der Waals surface area contributed by atoms with Crippen molar-refractivity contribution in [2.45, 2.75) is 33.0 Å². The lowest BCUT2D eigenvalue weighted by atomic mass is 9.97. The third-order valence-electron chi connectivity index (χ3n) is 2.57. The summed E-state index contributed by atoms with van der Waals surface area (Å²) in [5.41, 5.74) is 0.825.